The Balaban J connectivity index is 0.00000108. The van der Waals surface area contributed by atoms with Gasteiger partial charge in [0.15, 0.2) is 0 Å². The van der Waals surface area contributed by atoms with Gasteiger partial charge in [0.2, 0.25) is 0 Å². The largest absolute Gasteiger partial charge is 0.416 e. The van der Waals surface area contributed by atoms with Crippen molar-refractivity contribution in [2.45, 2.75) is 18.0 Å². The number of nitrogens with one attached hydrogen (secondary N) is 1. The number of alkyl halides is 3. The van der Waals surface area contributed by atoms with E-state index in [1.54, 1.807) is 12.1 Å². The van der Waals surface area contributed by atoms with Crippen LogP contribution in [0.3, 0.4) is 0 Å². The summed E-state index contributed by atoms with van der Waals surface area (Å²) in [7, 11) is 0. The number of hydrogen-bond acceptors (Lipinski definition) is 1. The molecule has 94 valence electrons. The molecule has 2 unspecified atom stereocenters. The lowest BCUT2D eigenvalue weighted by Gasteiger charge is -2.13. The van der Waals surface area contributed by atoms with Gasteiger partial charge in [-0.05, 0) is 36.6 Å². The Labute approximate surface area is 104 Å². The third-order valence-electron chi connectivity index (χ3n) is 3.85. The lowest BCUT2D eigenvalue weighted by molar-refractivity contribution is -0.137. The summed E-state index contributed by atoms with van der Waals surface area (Å²) in [5, 5.41) is 3.28. The van der Waals surface area contributed by atoms with Gasteiger partial charge in [-0.2, -0.15) is 13.2 Å². The van der Waals surface area contributed by atoms with Gasteiger partial charge in [0.1, 0.15) is 0 Å². The number of benzene rings is 1. The van der Waals surface area contributed by atoms with E-state index in [0.717, 1.165) is 25.1 Å². The van der Waals surface area contributed by atoms with Crippen molar-refractivity contribution in [1.29, 1.82) is 0 Å². The van der Waals surface area contributed by atoms with E-state index in [0.29, 0.717) is 5.92 Å². The van der Waals surface area contributed by atoms with Gasteiger partial charge in [-0.3, -0.25) is 0 Å². The minimum absolute atomic E-state index is 0. The Morgan fingerprint density at radius 1 is 1.18 bits per heavy atom. The van der Waals surface area contributed by atoms with Crippen LogP contribution in [0.1, 0.15) is 17.5 Å². The van der Waals surface area contributed by atoms with Crippen molar-refractivity contribution in [3.8, 4) is 0 Å². The van der Waals surface area contributed by atoms with Crippen LogP contribution in [-0.2, 0) is 11.6 Å². The quantitative estimate of drug-likeness (QED) is 0.821. The fourth-order valence-corrected chi connectivity index (χ4v) is 2.78. The minimum atomic E-state index is -4.23. The van der Waals surface area contributed by atoms with Crippen molar-refractivity contribution in [3.05, 3.63) is 35.4 Å². The Morgan fingerprint density at radius 3 is 2.24 bits per heavy atom. The summed E-state index contributed by atoms with van der Waals surface area (Å²) in [6.45, 7) is 1.91. The summed E-state index contributed by atoms with van der Waals surface area (Å²) in [5.41, 5.74) is 0.635. The first kappa shape index (κ1) is 12.7. The number of halogens is 4. The van der Waals surface area contributed by atoms with Crippen LogP contribution < -0.4 is 5.32 Å². The van der Waals surface area contributed by atoms with Crippen LogP contribution in [0.15, 0.2) is 24.3 Å². The van der Waals surface area contributed by atoms with Gasteiger partial charge in [0, 0.05) is 12.0 Å². The maximum Gasteiger partial charge on any atom is 0.416 e. The molecule has 0 amide bonds. The average Bonchev–Trinajstić information content (AvgIpc) is 2.81. The van der Waals surface area contributed by atoms with Gasteiger partial charge in [-0.25, -0.2) is 0 Å². The Morgan fingerprint density at radius 2 is 1.82 bits per heavy atom. The van der Waals surface area contributed by atoms with Crippen LogP contribution in [0.2, 0.25) is 0 Å². The van der Waals surface area contributed by atoms with Crippen molar-refractivity contribution in [1.82, 2.24) is 5.32 Å². The van der Waals surface area contributed by atoms with Crippen LogP contribution in [0.25, 0.3) is 0 Å². The number of hydrogen-bond donors (Lipinski definition) is 1. The van der Waals surface area contributed by atoms with Crippen LogP contribution in [-0.4, -0.2) is 13.1 Å². The molecule has 3 rings (SSSR count). The summed E-state index contributed by atoms with van der Waals surface area (Å²) in [4.78, 5) is 0. The highest BCUT2D eigenvalue weighted by molar-refractivity contribution is 5.85. The zero-order valence-electron chi connectivity index (χ0n) is 9.05. The lowest BCUT2D eigenvalue weighted by atomic mass is 9.94. The Kier molecular flexibility index (Phi) is 2.91. The molecule has 5 heteroatoms. The molecular formula is C12H13ClF3N. The van der Waals surface area contributed by atoms with Gasteiger partial charge in [-0.1, -0.05) is 12.1 Å². The highest BCUT2D eigenvalue weighted by Gasteiger charge is 2.57. The molecule has 2 atom stereocenters. The third kappa shape index (κ3) is 1.93. The molecule has 17 heavy (non-hydrogen) atoms. The van der Waals surface area contributed by atoms with Crippen molar-refractivity contribution in [3.63, 3.8) is 0 Å². The first-order chi connectivity index (χ1) is 7.52. The third-order valence-corrected chi connectivity index (χ3v) is 3.85. The predicted molar refractivity (Wildman–Crippen MR) is 61.3 cm³/mol. The van der Waals surface area contributed by atoms with E-state index in [9.17, 15) is 13.2 Å². The maximum atomic E-state index is 12.4. The van der Waals surface area contributed by atoms with Crippen molar-refractivity contribution in [2.75, 3.05) is 13.1 Å². The summed E-state index contributed by atoms with van der Waals surface area (Å²) in [5.74, 6) is 0.629. The molecular weight excluding hydrogens is 251 g/mol. The smallest absolute Gasteiger partial charge is 0.316 e. The highest BCUT2D eigenvalue weighted by atomic mass is 35.5. The fraction of sp³-hybridized carbons (Fsp3) is 0.500. The molecule has 1 aromatic rings. The highest BCUT2D eigenvalue weighted by Crippen LogP contribution is 2.56. The van der Waals surface area contributed by atoms with E-state index < -0.39 is 11.7 Å². The molecule has 1 aliphatic carbocycles. The zero-order chi connectivity index (χ0) is 11.4. The van der Waals surface area contributed by atoms with Gasteiger partial charge < -0.3 is 5.32 Å². The Bertz CT molecular complexity index is 415. The summed E-state index contributed by atoms with van der Waals surface area (Å²) in [6, 6.07) is 5.65. The molecule has 1 aliphatic heterocycles. The monoisotopic (exact) mass is 263 g/mol. The molecule has 1 nitrogen and oxygen atoms in total. The van der Waals surface area contributed by atoms with Crippen molar-refractivity contribution < 1.29 is 13.2 Å². The van der Waals surface area contributed by atoms with Crippen molar-refractivity contribution >= 4 is 12.4 Å². The van der Waals surface area contributed by atoms with Gasteiger partial charge >= 0.3 is 6.18 Å². The fourth-order valence-electron chi connectivity index (χ4n) is 2.78. The minimum Gasteiger partial charge on any atom is -0.316 e. The molecule has 2 fully saturated rings. The van der Waals surface area contributed by atoms with Crippen molar-refractivity contribution in [2.24, 2.45) is 5.92 Å². The molecule has 1 N–H and O–H groups in total. The first-order valence-electron chi connectivity index (χ1n) is 5.41. The molecule has 0 radical (unpaired) electrons. The average molecular weight is 264 g/mol. The standard InChI is InChI=1S/C12H12F3N.ClH/c13-12(14,15)9-3-1-8(2-4-9)11-5-10(11)6-16-7-11;/h1-4,10,16H,5-7H2;1H. The topological polar surface area (TPSA) is 12.0 Å². The van der Waals surface area contributed by atoms with E-state index >= 15 is 0 Å². The van der Waals surface area contributed by atoms with Crippen LogP contribution >= 0.6 is 12.4 Å². The molecule has 2 aliphatic rings. The maximum absolute atomic E-state index is 12.4. The van der Waals surface area contributed by atoms with Crippen LogP contribution in [0.5, 0.6) is 0 Å². The van der Waals surface area contributed by atoms with E-state index in [1.165, 1.54) is 12.1 Å². The summed E-state index contributed by atoms with van der Waals surface area (Å²) >= 11 is 0. The van der Waals surface area contributed by atoms with Gasteiger partial charge in [0.25, 0.3) is 0 Å². The van der Waals surface area contributed by atoms with Crippen LogP contribution in [0, 0.1) is 5.92 Å². The first-order valence-corrected chi connectivity index (χ1v) is 5.41. The number of rotatable bonds is 1. The lowest BCUT2D eigenvalue weighted by Crippen LogP contribution is -2.19. The molecule has 0 aromatic heterocycles. The summed E-state index contributed by atoms with van der Waals surface area (Å²) < 4.78 is 37.2. The molecule has 0 bridgehead atoms. The SMILES string of the molecule is Cl.FC(F)(F)c1ccc(C23CNCC2C3)cc1. The van der Waals surface area contributed by atoms with Gasteiger partial charge in [-0.15, -0.1) is 12.4 Å². The predicted octanol–water partition coefficient (Wildman–Crippen LogP) is 2.99. The molecule has 1 saturated carbocycles. The second-order valence-electron chi connectivity index (χ2n) is 4.76. The molecule has 1 aromatic carbocycles. The van der Waals surface area contributed by atoms with E-state index in [2.05, 4.69) is 5.32 Å². The Hall–Kier alpha value is -0.740. The summed E-state index contributed by atoms with van der Waals surface area (Å²) in [6.07, 6.45) is -3.11. The molecule has 0 spiro atoms. The normalized spacial score (nSPS) is 30.6. The van der Waals surface area contributed by atoms with Gasteiger partial charge in [0.05, 0.1) is 5.56 Å². The second kappa shape index (κ2) is 3.89. The molecule has 1 saturated heterocycles. The molecule has 1 heterocycles. The van der Waals surface area contributed by atoms with E-state index in [1.807, 2.05) is 0 Å². The van der Waals surface area contributed by atoms with E-state index in [4.69, 9.17) is 0 Å². The second-order valence-corrected chi connectivity index (χ2v) is 4.76. The number of fused-ring (bicyclic) bond motifs is 1. The van der Waals surface area contributed by atoms with E-state index in [-0.39, 0.29) is 17.8 Å². The number of piperidine rings is 1. The zero-order valence-corrected chi connectivity index (χ0v) is 9.87. The van der Waals surface area contributed by atoms with Crippen LogP contribution in [0.4, 0.5) is 13.2 Å².